The van der Waals surface area contributed by atoms with E-state index in [4.69, 9.17) is 22.1 Å². The number of carbonyl (C=O) groups excluding carboxylic acids is 1. The molecule has 1 aliphatic heterocycles. The number of rotatable bonds is 3. The van der Waals surface area contributed by atoms with E-state index in [1.165, 1.54) is 0 Å². The second-order valence-electron chi connectivity index (χ2n) is 5.63. The third kappa shape index (κ3) is 3.54. The van der Waals surface area contributed by atoms with Crippen LogP contribution in [0.25, 0.3) is 0 Å². The first-order valence-electron chi connectivity index (χ1n) is 7.26. The van der Waals surface area contributed by atoms with E-state index in [0.29, 0.717) is 16.3 Å². The zero-order valence-electron chi connectivity index (χ0n) is 13.2. The molecule has 0 amide bonds. The number of allylic oxidation sites excluding steroid dienone is 1. The van der Waals surface area contributed by atoms with Crippen LogP contribution in [0, 0.1) is 17.2 Å². The highest BCUT2D eigenvalue weighted by Gasteiger charge is 2.38. The molecule has 2 N–H and O–H groups in total. The molecule has 0 aliphatic carbocycles. The molecule has 0 radical (unpaired) electrons. The average molecular weight is 332 g/mol. The molecule has 1 aromatic rings. The Balaban J connectivity index is 2.59. The molecule has 120 valence electrons. The Morgan fingerprint density at radius 1 is 1.48 bits per heavy atom. The van der Waals surface area contributed by atoms with Crippen LogP contribution in [-0.4, -0.2) is 17.9 Å². The topological polar surface area (TPSA) is 88.5 Å². The van der Waals surface area contributed by atoms with Crippen molar-refractivity contribution in [3.63, 3.8) is 0 Å². The summed E-state index contributed by atoms with van der Waals surface area (Å²) in [6.45, 7) is 5.23. The molecule has 23 heavy (non-hydrogen) atoms. The number of halogens is 1. The van der Waals surface area contributed by atoms with Crippen LogP contribution in [0.1, 0.15) is 32.3 Å². The summed E-state index contributed by atoms with van der Waals surface area (Å²) in [6, 6.07) is 9.19. The van der Waals surface area contributed by atoms with E-state index < -0.39 is 17.8 Å². The molecule has 0 spiro atoms. The van der Waals surface area contributed by atoms with Crippen LogP contribution in [-0.2, 0) is 9.53 Å². The van der Waals surface area contributed by atoms with Gasteiger partial charge in [0.2, 0.25) is 0 Å². The van der Waals surface area contributed by atoms with Gasteiger partial charge in [-0.1, -0.05) is 23.7 Å². The van der Waals surface area contributed by atoms with Crippen LogP contribution in [0.3, 0.4) is 0 Å². The predicted molar refractivity (Wildman–Crippen MR) is 88.8 cm³/mol. The molecule has 5 nitrogen and oxygen atoms in total. The van der Waals surface area contributed by atoms with Crippen LogP contribution in [0.15, 0.2) is 40.5 Å². The molecular formula is C17H18ClN3O2. The monoisotopic (exact) mass is 331 g/mol. The Morgan fingerprint density at radius 2 is 2.17 bits per heavy atom. The van der Waals surface area contributed by atoms with Crippen molar-refractivity contribution in [3.05, 3.63) is 46.1 Å². The van der Waals surface area contributed by atoms with Gasteiger partial charge in [0.1, 0.15) is 11.8 Å². The SMILES string of the molecule is CC1=C(C(=O)OC(C)C)C(c2cccc(Cl)c2)C(C#N)C(N)=N1. The summed E-state index contributed by atoms with van der Waals surface area (Å²) in [5.74, 6) is -1.59. The summed E-state index contributed by atoms with van der Waals surface area (Å²) in [5, 5.41) is 10.0. The van der Waals surface area contributed by atoms with Gasteiger partial charge in [0.25, 0.3) is 0 Å². The van der Waals surface area contributed by atoms with Crippen molar-refractivity contribution >= 4 is 23.4 Å². The normalized spacial score (nSPS) is 21.0. The van der Waals surface area contributed by atoms with E-state index in [1.54, 1.807) is 39.0 Å². The lowest BCUT2D eigenvalue weighted by molar-refractivity contribution is -0.143. The van der Waals surface area contributed by atoms with E-state index >= 15 is 0 Å². The Hall–Kier alpha value is -2.32. The van der Waals surface area contributed by atoms with Gasteiger partial charge in [0.05, 0.1) is 23.4 Å². The van der Waals surface area contributed by atoms with Crippen LogP contribution in [0.2, 0.25) is 5.02 Å². The fraction of sp³-hybridized carbons (Fsp3) is 0.353. The van der Waals surface area contributed by atoms with E-state index in [2.05, 4.69) is 11.1 Å². The first kappa shape index (κ1) is 17.0. The van der Waals surface area contributed by atoms with Gasteiger partial charge < -0.3 is 10.5 Å². The lowest BCUT2D eigenvalue weighted by atomic mass is 9.78. The van der Waals surface area contributed by atoms with Gasteiger partial charge in [0.15, 0.2) is 0 Å². The fourth-order valence-electron chi connectivity index (χ4n) is 2.64. The van der Waals surface area contributed by atoms with Gasteiger partial charge in [-0.15, -0.1) is 0 Å². The summed E-state index contributed by atoms with van der Waals surface area (Å²) in [7, 11) is 0. The quantitative estimate of drug-likeness (QED) is 0.861. The number of amidine groups is 1. The van der Waals surface area contributed by atoms with Crippen LogP contribution in [0.5, 0.6) is 0 Å². The number of esters is 1. The molecule has 1 aromatic carbocycles. The number of nitrogens with zero attached hydrogens (tertiary/aromatic N) is 2. The maximum Gasteiger partial charge on any atom is 0.336 e. The minimum atomic E-state index is -0.744. The van der Waals surface area contributed by atoms with E-state index in [-0.39, 0.29) is 11.9 Å². The van der Waals surface area contributed by atoms with Gasteiger partial charge >= 0.3 is 5.97 Å². The minimum absolute atomic E-state index is 0.191. The third-order valence-electron chi connectivity index (χ3n) is 3.56. The van der Waals surface area contributed by atoms with Gasteiger partial charge in [-0.25, -0.2) is 9.79 Å². The molecule has 0 bridgehead atoms. The minimum Gasteiger partial charge on any atom is -0.460 e. The van der Waals surface area contributed by atoms with Crippen molar-refractivity contribution in [1.82, 2.24) is 0 Å². The number of aliphatic imine (C=N–C) groups is 1. The second-order valence-corrected chi connectivity index (χ2v) is 6.07. The average Bonchev–Trinajstić information content (AvgIpc) is 2.45. The number of hydrogen-bond donors (Lipinski definition) is 1. The fourth-order valence-corrected chi connectivity index (χ4v) is 2.84. The summed E-state index contributed by atoms with van der Waals surface area (Å²) < 4.78 is 5.32. The second kappa shape index (κ2) is 6.84. The first-order valence-corrected chi connectivity index (χ1v) is 7.63. The molecule has 2 atom stereocenters. The van der Waals surface area contributed by atoms with Crippen LogP contribution in [0.4, 0.5) is 0 Å². The summed E-state index contributed by atoms with van der Waals surface area (Å²) in [5.41, 5.74) is 7.46. The predicted octanol–water partition coefficient (Wildman–Crippen LogP) is 3.16. The number of benzene rings is 1. The van der Waals surface area contributed by atoms with E-state index in [0.717, 1.165) is 5.56 Å². The first-order chi connectivity index (χ1) is 10.8. The molecule has 2 unspecified atom stereocenters. The summed E-state index contributed by atoms with van der Waals surface area (Å²) in [4.78, 5) is 16.7. The zero-order chi connectivity index (χ0) is 17.1. The Morgan fingerprint density at radius 3 is 2.74 bits per heavy atom. The molecule has 1 aliphatic rings. The highest BCUT2D eigenvalue weighted by molar-refractivity contribution is 6.30. The lowest BCUT2D eigenvalue weighted by Gasteiger charge is -2.29. The zero-order valence-corrected chi connectivity index (χ0v) is 14.0. The number of ether oxygens (including phenoxy) is 1. The standard InChI is InChI=1S/C17H18ClN3O2/c1-9(2)23-17(22)14-10(3)21-16(20)13(8-19)15(14)11-5-4-6-12(18)7-11/h4-7,9,13,15H,1-3H3,(H2,20,21). The van der Waals surface area contributed by atoms with E-state index in [9.17, 15) is 10.1 Å². The van der Waals surface area contributed by atoms with Gasteiger partial charge in [-0.3, -0.25) is 0 Å². The van der Waals surface area contributed by atoms with Gasteiger partial charge in [0, 0.05) is 10.9 Å². The van der Waals surface area contributed by atoms with Crippen molar-refractivity contribution in [3.8, 4) is 6.07 Å². The van der Waals surface area contributed by atoms with Crippen molar-refractivity contribution < 1.29 is 9.53 Å². The Kier molecular flexibility index (Phi) is 5.07. The molecule has 1 heterocycles. The molecule has 0 aromatic heterocycles. The van der Waals surface area contributed by atoms with Crippen molar-refractivity contribution in [2.75, 3.05) is 0 Å². The highest BCUT2D eigenvalue weighted by Crippen LogP contribution is 2.39. The maximum atomic E-state index is 12.5. The molecule has 6 heteroatoms. The molecule has 0 saturated heterocycles. The molecule has 0 fully saturated rings. The van der Waals surface area contributed by atoms with Gasteiger partial charge in [-0.2, -0.15) is 5.26 Å². The Bertz CT molecular complexity index is 732. The van der Waals surface area contributed by atoms with Crippen molar-refractivity contribution in [2.45, 2.75) is 32.8 Å². The summed E-state index contributed by atoms with van der Waals surface area (Å²) in [6.07, 6.45) is -0.272. The number of nitriles is 1. The smallest absolute Gasteiger partial charge is 0.336 e. The van der Waals surface area contributed by atoms with Crippen LogP contribution < -0.4 is 5.73 Å². The lowest BCUT2D eigenvalue weighted by Crippen LogP contribution is -2.35. The highest BCUT2D eigenvalue weighted by atomic mass is 35.5. The third-order valence-corrected chi connectivity index (χ3v) is 3.79. The van der Waals surface area contributed by atoms with E-state index in [1.807, 2.05) is 6.07 Å². The van der Waals surface area contributed by atoms with Gasteiger partial charge in [-0.05, 0) is 38.5 Å². The maximum absolute atomic E-state index is 12.5. The number of carbonyl (C=O) groups is 1. The van der Waals surface area contributed by atoms with Crippen LogP contribution >= 0.6 is 11.6 Å². The van der Waals surface area contributed by atoms with Crippen molar-refractivity contribution in [2.24, 2.45) is 16.6 Å². The number of hydrogen-bond acceptors (Lipinski definition) is 5. The summed E-state index contributed by atoms with van der Waals surface area (Å²) >= 11 is 6.06. The molecule has 2 rings (SSSR count). The van der Waals surface area contributed by atoms with Crippen molar-refractivity contribution in [1.29, 1.82) is 5.26 Å². The molecule has 0 saturated carbocycles. The largest absolute Gasteiger partial charge is 0.460 e. The number of nitrogens with two attached hydrogens (primary N) is 1. The Labute approximate surface area is 140 Å². The molecular weight excluding hydrogens is 314 g/mol.